The molecular formula is C25H31NO4S. The summed E-state index contributed by atoms with van der Waals surface area (Å²) in [5, 5.41) is -0.955. The summed E-state index contributed by atoms with van der Waals surface area (Å²) in [5.41, 5.74) is 0.881. The van der Waals surface area contributed by atoms with Crippen molar-refractivity contribution in [3.05, 3.63) is 78.9 Å². The van der Waals surface area contributed by atoms with Crippen LogP contribution in [-0.4, -0.2) is 31.4 Å². The van der Waals surface area contributed by atoms with E-state index in [2.05, 4.69) is 6.58 Å². The Morgan fingerprint density at radius 2 is 1.58 bits per heavy atom. The number of allylic oxidation sites excluding steroid dienone is 1. The van der Waals surface area contributed by atoms with Crippen molar-refractivity contribution in [2.75, 3.05) is 6.61 Å². The number of rotatable bonds is 12. The lowest BCUT2D eigenvalue weighted by atomic mass is 10.1. The number of carbonyl (C=O) groups excluding carboxylic acids is 1. The molecule has 0 aliphatic carbocycles. The fourth-order valence-electron chi connectivity index (χ4n) is 4.03. The molecule has 0 aromatic heterocycles. The summed E-state index contributed by atoms with van der Waals surface area (Å²) in [5.74, 6) is 0. The monoisotopic (exact) mass is 441 g/mol. The zero-order chi connectivity index (χ0) is 22.1. The van der Waals surface area contributed by atoms with Gasteiger partial charge in [-0.2, -0.15) is 0 Å². The van der Waals surface area contributed by atoms with Crippen molar-refractivity contribution >= 4 is 15.9 Å². The summed E-state index contributed by atoms with van der Waals surface area (Å²) in [7, 11) is -3.75. The van der Waals surface area contributed by atoms with Gasteiger partial charge in [0.15, 0.2) is 9.84 Å². The number of sulfone groups is 1. The maximum atomic E-state index is 13.6. The minimum absolute atomic E-state index is 0.158. The minimum Gasteiger partial charge on any atom is -0.447 e. The molecular weight excluding hydrogens is 410 g/mol. The molecule has 0 radical (unpaired) electrons. The van der Waals surface area contributed by atoms with E-state index in [0.717, 1.165) is 44.1 Å². The molecule has 31 heavy (non-hydrogen) atoms. The first-order valence-electron chi connectivity index (χ1n) is 11.0. The molecule has 0 saturated carbocycles. The molecule has 0 bridgehead atoms. The number of ether oxygens (including phenoxy) is 1. The van der Waals surface area contributed by atoms with Crippen LogP contribution in [0.15, 0.2) is 78.2 Å². The fraction of sp³-hybridized carbons (Fsp3) is 0.400. The van der Waals surface area contributed by atoms with E-state index in [4.69, 9.17) is 4.74 Å². The normalized spacial score (nSPS) is 17.4. The van der Waals surface area contributed by atoms with E-state index in [1.54, 1.807) is 30.3 Å². The Labute approximate surface area is 185 Å². The number of hydrogen-bond acceptors (Lipinski definition) is 4. The summed E-state index contributed by atoms with van der Waals surface area (Å²) < 4.78 is 32.5. The number of hydrogen-bond donors (Lipinski definition) is 0. The van der Waals surface area contributed by atoms with E-state index in [9.17, 15) is 13.2 Å². The van der Waals surface area contributed by atoms with Gasteiger partial charge in [0.2, 0.25) is 0 Å². The zero-order valence-electron chi connectivity index (χ0n) is 17.9. The molecule has 1 saturated heterocycles. The Kier molecular flexibility index (Phi) is 8.29. The van der Waals surface area contributed by atoms with Gasteiger partial charge in [0.1, 0.15) is 12.0 Å². The van der Waals surface area contributed by atoms with Crippen molar-refractivity contribution in [3.8, 4) is 0 Å². The van der Waals surface area contributed by atoms with Gasteiger partial charge in [-0.3, -0.25) is 4.90 Å². The second-order valence-corrected chi connectivity index (χ2v) is 9.96. The first kappa shape index (κ1) is 23.1. The molecule has 1 fully saturated rings. The third-order valence-corrected chi connectivity index (χ3v) is 7.80. The lowest BCUT2D eigenvalue weighted by Gasteiger charge is -2.30. The molecule has 0 N–H and O–H groups in total. The summed E-state index contributed by atoms with van der Waals surface area (Å²) >= 11 is 0. The molecule has 6 heteroatoms. The quantitative estimate of drug-likeness (QED) is 0.304. The molecule has 5 nitrogen and oxygen atoms in total. The van der Waals surface area contributed by atoms with Crippen LogP contribution in [0.25, 0.3) is 0 Å². The third kappa shape index (κ3) is 5.76. The number of amides is 1. The first-order valence-corrected chi connectivity index (χ1v) is 12.5. The molecule has 0 unspecified atom stereocenters. The maximum Gasteiger partial charge on any atom is 0.411 e. The molecule has 1 heterocycles. The van der Waals surface area contributed by atoms with Crippen LogP contribution in [0.2, 0.25) is 0 Å². The largest absolute Gasteiger partial charge is 0.447 e. The highest BCUT2D eigenvalue weighted by molar-refractivity contribution is 7.92. The summed E-state index contributed by atoms with van der Waals surface area (Å²) in [6.07, 6.45) is 7.64. The van der Waals surface area contributed by atoms with Gasteiger partial charge in [0.25, 0.3) is 0 Å². The average Bonchev–Trinajstić information content (AvgIpc) is 3.17. The Hall–Kier alpha value is -2.60. The number of benzene rings is 2. The van der Waals surface area contributed by atoms with Crippen molar-refractivity contribution in [1.29, 1.82) is 0 Å². The van der Waals surface area contributed by atoms with Gasteiger partial charge in [-0.1, -0.05) is 80.3 Å². The van der Waals surface area contributed by atoms with Crippen LogP contribution >= 0.6 is 0 Å². The predicted molar refractivity (Wildman–Crippen MR) is 122 cm³/mol. The summed E-state index contributed by atoms with van der Waals surface area (Å²) in [6.45, 7) is 3.90. The average molecular weight is 442 g/mol. The molecule has 2 aromatic carbocycles. The number of nitrogens with zero attached hydrogens (tertiary/aromatic N) is 1. The van der Waals surface area contributed by atoms with Crippen LogP contribution in [0.1, 0.15) is 56.6 Å². The highest BCUT2D eigenvalue weighted by atomic mass is 32.2. The van der Waals surface area contributed by atoms with Crippen LogP contribution in [0.4, 0.5) is 4.79 Å². The van der Waals surface area contributed by atoms with Gasteiger partial charge < -0.3 is 4.74 Å². The topological polar surface area (TPSA) is 63.7 Å². The Morgan fingerprint density at radius 1 is 0.968 bits per heavy atom. The van der Waals surface area contributed by atoms with Crippen LogP contribution in [0.5, 0.6) is 0 Å². The molecule has 2 aromatic rings. The Balaban J connectivity index is 1.82. The van der Waals surface area contributed by atoms with Gasteiger partial charge >= 0.3 is 6.09 Å². The van der Waals surface area contributed by atoms with E-state index in [-0.39, 0.29) is 11.5 Å². The molecule has 166 valence electrons. The maximum absolute atomic E-state index is 13.6. The highest BCUT2D eigenvalue weighted by Crippen LogP contribution is 2.35. The molecule has 3 rings (SSSR count). The van der Waals surface area contributed by atoms with Crippen molar-refractivity contribution in [1.82, 2.24) is 4.90 Å². The van der Waals surface area contributed by atoms with E-state index < -0.39 is 27.3 Å². The van der Waals surface area contributed by atoms with Crippen molar-refractivity contribution in [2.45, 2.75) is 61.3 Å². The Bertz CT molecular complexity index is 944. The van der Waals surface area contributed by atoms with Gasteiger partial charge in [0, 0.05) is 0 Å². The van der Waals surface area contributed by atoms with E-state index in [1.807, 2.05) is 36.4 Å². The van der Waals surface area contributed by atoms with Gasteiger partial charge in [-0.25, -0.2) is 13.2 Å². The second kappa shape index (κ2) is 11.1. The van der Waals surface area contributed by atoms with E-state index in [0.29, 0.717) is 6.42 Å². The van der Waals surface area contributed by atoms with E-state index in [1.165, 1.54) is 4.90 Å². The van der Waals surface area contributed by atoms with Gasteiger partial charge in [-0.15, -0.1) is 6.58 Å². The van der Waals surface area contributed by atoms with Crippen LogP contribution in [0, 0.1) is 0 Å². The van der Waals surface area contributed by atoms with Crippen LogP contribution in [0.3, 0.4) is 0 Å². The highest BCUT2D eigenvalue weighted by Gasteiger charge is 2.44. The van der Waals surface area contributed by atoms with Crippen molar-refractivity contribution in [3.63, 3.8) is 0 Å². The molecule has 1 aliphatic rings. The Morgan fingerprint density at radius 3 is 2.26 bits per heavy atom. The van der Waals surface area contributed by atoms with Crippen molar-refractivity contribution in [2.24, 2.45) is 0 Å². The van der Waals surface area contributed by atoms with Gasteiger partial charge in [-0.05, 0) is 37.0 Å². The minimum atomic E-state index is -3.75. The van der Waals surface area contributed by atoms with Gasteiger partial charge in [0.05, 0.1) is 10.9 Å². The van der Waals surface area contributed by atoms with Crippen LogP contribution in [-0.2, 0) is 14.6 Å². The standard InChI is InChI=1S/C25H31NO4S/c1-2-3-4-5-6-7-14-19-24(31(28,29)22-17-12-9-13-18-22)26-23(20-30-25(26)27)21-15-10-8-11-16-21/h2,8-13,15-18,23-24H,1,3-7,14,19-20H2/t23-,24-/m0/s1. The lowest BCUT2D eigenvalue weighted by Crippen LogP contribution is -2.43. The fourth-order valence-corrected chi connectivity index (χ4v) is 5.89. The van der Waals surface area contributed by atoms with Crippen LogP contribution < -0.4 is 0 Å². The second-order valence-electron chi connectivity index (χ2n) is 7.86. The van der Waals surface area contributed by atoms with Crippen molar-refractivity contribution < 1.29 is 17.9 Å². The molecule has 2 atom stereocenters. The smallest absolute Gasteiger partial charge is 0.411 e. The third-order valence-electron chi connectivity index (χ3n) is 5.70. The number of carbonyl (C=O) groups is 1. The molecule has 1 aliphatic heterocycles. The van der Waals surface area contributed by atoms with E-state index >= 15 is 0 Å². The summed E-state index contributed by atoms with van der Waals surface area (Å²) in [6, 6.07) is 17.5. The first-order chi connectivity index (χ1) is 15.1. The lowest BCUT2D eigenvalue weighted by molar-refractivity contribution is 0.152. The number of cyclic esters (lactones) is 1. The SMILES string of the molecule is C=CCCCCCCC[C@@H](N1C(=O)OC[C@H]1c1ccccc1)S(=O)(=O)c1ccccc1. The molecule has 0 spiro atoms. The number of unbranched alkanes of at least 4 members (excludes halogenated alkanes) is 5. The summed E-state index contributed by atoms with van der Waals surface area (Å²) in [4.78, 5) is 14.4. The molecule has 1 amide bonds. The zero-order valence-corrected chi connectivity index (χ0v) is 18.7. The predicted octanol–water partition coefficient (Wildman–Crippen LogP) is 5.90.